The van der Waals surface area contributed by atoms with E-state index in [-0.39, 0.29) is 11.4 Å². The number of amides is 1. The molecule has 5 nitrogen and oxygen atoms in total. The molecule has 2 aliphatic heterocycles. The summed E-state index contributed by atoms with van der Waals surface area (Å²) in [6.45, 7) is 10.3. The smallest absolute Gasteiger partial charge is 0.260 e. The summed E-state index contributed by atoms with van der Waals surface area (Å²) in [4.78, 5) is 15.2. The van der Waals surface area contributed by atoms with Crippen molar-refractivity contribution in [1.82, 2.24) is 10.2 Å². The number of rotatable bonds is 7. The van der Waals surface area contributed by atoms with Crippen LogP contribution in [-0.4, -0.2) is 66.8 Å². The van der Waals surface area contributed by atoms with Gasteiger partial charge in [0, 0.05) is 30.9 Å². The van der Waals surface area contributed by atoms with Crippen LogP contribution in [0.1, 0.15) is 38.7 Å². The van der Waals surface area contributed by atoms with Gasteiger partial charge < -0.3 is 14.8 Å². The number of nitrogens with one attached hydrogen (secondary N) is 1. The van der Waals surface area contributed by atoms with Gasteiger partial charge in [0.25, 0.3) is 5.91 Å². The predicted molar refractivity (Wildman–Crippen MR) is 111 cm³/mol. The molecule has 1 aromatic rings. The predicted octanol–water partition coefficient (Wildman–Crippen LogP) is 2.90. The quantitative estimate of drug-likeness (QED) is 0.773. The average molecular weight is 393 g/mol. The van der Waals surface area contributed by atoms with Crippen molar-refractivity contribution in [2.75, 3.05) is 44.4 Å². The van der Waals surface area contributed by atoms with Gasteiger partial charge in [-0.15, -0.1) is 0 Å². The van der Waals surface area contributed by atoms with E-state index in [4.69, 9.17) is 9.47 Å². The summed E-state index contributed by atoms with van der Waals surface area (Å²) in [6, 6.07) is 8.01. The van der Waals surface area contributed by atoms with Crippen molar-refractivity contribution in [1.29, 1.82) is 0 Å². The molecular formula is C21H32N2O3S. The van der Waals surface area contributed by atoms with Crippen molar-refractivity contribution in [3.05, 3.63) is 29.8 Å². The normalized spacial score (nSPS) is 24.7. The molecule has 2 saturated heterocycles. The topological polar surface area (TPSA) is 50.8 Å². The minimum Gasteiger partial charge on any atom is -0.481 e. The van der Waals surface area contributed by atoms with E-state index >= 15 is 0 Å². The number of hydrogen-bond acceptors (Lipinski definition) is 5. The maximum Gasteiger partial charge on any atom is 0.260 e. The maximum atomic E-state index is 12.7. The zero-order chi connectivity index (χ0) is 19.3. The van der Waals surface area contributed by atoms with Crippen LogP contribution in [-0.2, 0) is 9.53 Å². The van der Waals surface area contributed by atoms with Crippen molar-refractivity contribution < 1.29 is 14.3 Å². The molecule has 2 fully saturated rings. The molecule has 2 aliphatic rings. The summed E-state index contributed by atoms with van der Waals surface area (Å²) >= 11 is 1.98. The Morgan fingerprint density at radius 2 is 2.11 bits per heavy atom. The lowest BCUT2D eigenvalue weighted by Crippen LogP contribution is -2.59. The highest BCUT2D eigenvalue weighted by Gasteiger charge is 2.41. The van der Waals surface area contributed by atoms with Crippen molar-refractivity contribution in [3.8, 4) is 5.75 Å². The Labute approximate surface area is 167 Å². The molecule has 2 atom stereocenters. The average Bonchev–Trinajstić information content (AvgIpc) is 3.17. The van der Waals surface area contributed by atoms with Crippen LogP contribution in [0.3, 0.4) is 0 Å². The molecule has 6 heteroatoms. The number of morpholine rings is 1. The van der Waals surface area contributed by atoms with E-state index in [2.05, 4.69) is 30.1 Å². The summed E-state index contributed by atoms with van der Waals surface area (Å²) in [7, 11) is 0. The van der Waals surface area contributed by atoms with Gasteiger partial charge in [-0.05, 0) is 42.7 Å². The van der Waals surface area contributed by atoms with Crippen molar-refractivity contribution in [2.24, 2.45) is 0 Å². The van der Waals surface area contributed by atoms with Gasteiger partial charge in [0.05, 0.1) is 13.2 Å². The van der Waals surface area contributed by atoms with Crippen LogP contribution < -0.4 is 10.1 Å². The maximum absolute atomic E-state index is 12.7. The first-order valence-corrected chi connectivity index (χ1v) is 11.1. The molecule has 0 bridgehead atoms. The van der Waals surface area contributed by atoms with Gasteiger partial charge in [-0.25, -0.2) is 0 Å². The number of ether oxygens (including phenoxy) is 2. The minimum absolute atomic E-state index is 0.0468. The lowest BCUT2D eigenvalue weighted by molar-refractivity contribution is -0.128. The van der Waals surface area contributed by atoms with Gasteiger partial charge in [0.15, 0.2) is 6.10 Å². The number of nitrogens with zero attached hydrogens (tertiary/aromatic N) is 1. The van der Waals surface area contributed by atoms with Crippen LogP contribution in [0.25, 0.3) is 0 Å². The van der Waals surface area contributed by atoms with Crippen LogP contribution in [0.4, 0.5) is 0 Å². The highest BCUT2D eigenvalue weighted by Crippen LogP contribution is 2.33. The molecule has 0 spiro atoms. The third-order valence-electron chi connectivity index (χ3n) is 5.56. The Kier molecular flexibility index (Phi) is 7.06. The molecule has 0 unspecified atom stereocenters. The van der Waals surface area contributed by atoms with E-state index in [1.165, 1.54) is 5.56 Å². The Bertz CT molecular complexity index is 626. The van der Waals surface area contributed by atoms with Crippen LogP contribution in [0.2, 0.25) is 0 Å². The Balaban J connectivity index is 1.56. The Morgan fingerprint density at radius 1 is 1.33 bits per heavy atom. The number of carbonyl (C=O) groups excluding carboxylic acids is 1. The van der Waals surface area contributed by atoms with E-state index in [1.54, 1.807) is 0 Å². The fraction of sp³-hybridized carbons (Fsp3) is 0.667. The molecule has 1 amide bonds. The molecule has 0 aromatic heterocycles. The zero-order valence-corrected chi connectivity index (χ0v) is 17.5. The van der Waals surface area contributed by atoms with E-state index in [0.29, 0.717) is 12.5 Å². The molecule has 150 valence electrons. The molecule has 2 heterocycles. The second-order valence-electron chi connectivity index (χ2n) is 7.83. The van der Waals surface area contributed by atoms with Gasteiger partial charge in [-0.3, -0.25) is 9.69 Å². The second kappa shape index (κ2) is 9.30. The zero-order valence-electron chi connectivity index (χ0n) is 16.7. The van der Waals surface area contributed by atoms with Crippen LogP contribution in [0, 0.1) is 0 Å². The van der Waals surface area contributed by atoms with Gasteiger partial charge in [0.2, 0.25) is 0 Å². The van der Waals surface area contributed by atoms with Crippen molar-refractivity contribution >= 4 is 17.7 Å². The standard InChI is InChI=1S/C21H32N2O3S/c1-16(2)18-5-4-6-19(13-18)26-17(3)20(24)22-14-21(7-12-27-15-21)23-8-10-25-11-9-23/h4-6,13,16-17H,7-12,14-15H2,1-3H3,(H,22,24)/t17-,21+/m0/s1. The Hall–Kier alpha value is -1.24. The first-order chi connectivity index (χ1) is 13.0. The largest absolute Gasteiger partial charge is 0.481 e. The number of hydrogen-bond donors (Lipinski definition) is 1. The SMILES string of the molecule is CC(C)c1cccc(O[C@@H](C)C(=O)NC[C@]2(N3CCOCC3)CCSC2)c1. The van der Waals surface area contributed by atoms with Gasteiger partial charge in [-0.1, -0.05) is 26.0 Å². The highest BCUT2D eigenvalue weighted by molar-refractivity contribution is 7.99. The number of benzene rings is 1. The van der Waals surface area contributed by atoms with E-state index in [9.17, 15) is 4.79 Å². The van der Waals surface area contributed by atoms with Crippen LogP contribution in [0.15, 0.2) is 24.3 Å². The summed E-state index contributed by atoms with van der Waals surface area (Å²) < 4.78 is 11.4. The van der Waals surface area contributed by atoms with E-state index in [1.807, 2.05) is 36.9 Å². The van der Waals surface area contributed by atoms with Gasteiger partial charge in [0.1, 0.15) is 5.75 Å². The summed E-state index contributed by atoms with van der Waals surface area (Å²) in [5.74, 6) is 3.36. The summed E-state index contributed by atoms with van der Waals surface area (Å²) in [5.41, 5.74) is 1.27. The second-order valence-corrected chi connectivity index (χ2v) is 8.94. The fourth-order valence-electron chi connectivity index (χ4n) is 3.73. The molecule has 0 aliphatic carbocycles. The van der Waals surface area contributed by atoms with Crippen LogP contribution in [0.5, 0.6) is 5.75 Å². The molecule has 0 radical (unpaired) electrons. The van der Waals surface area contributed by atoms with Gasteiger partial charge in [-0.2, -0.15) is 11.8 Å². The number of thioether (sulfide) groups is 1. The first-order valence-electron chi connectivity index (χ1n) is 9.95. The molecule has 1 N–H and O–H groups in total. The molecule has 3 rings (SSSR count). The summed E-state index contributed by atoms with van der Waals surface area (Å²) in [5, 5.41) is 3.16. The minimum atomic E-state index is -0.511. The number of carbonyl (C=O) groups is 1. The van der Waals surface area contributed by atoms with Crippen LogP contribution >= 0.6 is 11.8 Å². The van der Waals surface area contributed by atoms with Gasteiger partial charge >= 0.3 is 0 Å². The van der Waals surface area contributed by atoms with Crippen molar-refractivity contribution in [2.45, 2.75) is 44.8 Å². The monoisotopic (exact) mass is 392 g/mol. The van der Waals surface area contributed by atoms with E-state index < -0.39 is 6.10 Å². The highest BCUT2D eigenvalue weighted by atomic mass is 32.2. The molecule has 1 aromatic carbocycles. The molecule has 0 saturated carbocycles. The fourth-order valence-corrected chi connectivity index (χ4v) is 5.21. The first kappa shape index (κ1) is 20.5. The third-order valence-corrected chi connectivity index (χ3v) is 6.80. The van der Waals surface area contributed by atoms with E-state index in [0.717, 1.165) is 50.0 Å². The lowest BCUT2D eigenvalue weighted by atomic mass is 9.95. The summed E-state index contributed by atoms with van der Waals surface area (Å²) in [6.07, 6.45) is 0.604. The molecule has 27 heavy (non-hydrogen) atoms. The molecular weight excluding hydrogens is 360 g/mol. The van der Waals surface area contributed by atoms with Crippen molar-refractivity contribution in [3.63, 3.8) is 0 Å². The lowest BCUT2D eigenvalue weighted by Gasteiger charge is -2.43. The Morgan fingerprint density at radius 3 is 2.78 bits per heavy atom. The third kappa shape index (κ3) is 5.18.